The van der Waals surface area contributed by atoms with E-state index in [-0.39, 0.29) is 11.5 Å². The Morgan fingerprint density at radius 3 is 2.70 bits per heavy atom. The summed E-state index contributed by atoms with van der Waals surface area (Å²) in [6, 6.07) is 7.73. The van der Waals surface area contributed by atoms with Gasteiger partial charge in [-0.3, -0.25) is 14.9 Å². The molecule has 0 amide bonds. The highest BCUT2D eigenvalue weighted by atomic mass is 35.5. The Morgan fingerprint density at radius 2 is 2.10 bits per heavy atom. The van der Waals surface area contributed by atoms with Crippen molar-refractivity contribution in [3.8, 4) is 0 Å². The molecule has 0 aliphatic rings. The van der Waals surface area contributed by atoms with Crippen LogP contribution >= 0.6 is 22.9 Å². The second-order valence-corrected chi connectivity index (χ2v) is 5.77. The molecule has 0 unspecified atom stereocenters. The second-order valence-electron chi connectivity index (χ2n) is 4.07. The first kappa shape index (κ1) is 14.4. The average Bonchev–Trinajstić information content (AvgIpc) is 2.84. The van der Waals surface area contributed by atoms with Gasteiger partial charge in [0, 0.05) is 22.0 Å². The summed E-state index contributed by atoms with van der Waals surface area (Å²) in [6.45, 7) is 1.92. The van der Waals surface area contributed by atoms with Crippen molar-refractivity contribution in [1.82, 2.24) is 0 Å². The Balaban J connectivity index is 2.25. The lowest BCUT2D eigenvalue weighted by Gasteiger charge is -1.98. The number of benzene rings is 1. The lowest BCUT2D eigenvalue weighted by molar-refractivity contribution is -0.384. The van der Waals surface area contributed by atoms with E-state index in [0.717, 1.165) is 4.88 Å². The predicted molar refractivity (Wildman–Crippen MR) is 80.5 cm³/mol. The average molecular weight is 308 g/mol. The zero-order chi connectivity index (χ0) is 14.7. The number of nitro benzene ring substituents is 1. The van der Waals surface area contributed by atoms with Crippen LogP contribution < -0.4 is 0 Å². The predicted octanol–water partition coefficient (Wildman–Crippen LogP) is 4.51. The van der Waals surface area contributed by atoms with E-state index in [1.54, 1.807) is 6.07 Å². The summed E-state index contributed by atoms with van der Waals surface area (Å²) in [6.07, 6.45) is 2.86. The van der Waals surface area contributed by atoms with Crippen LogP contribution in [0.4, 0.5) is 5.69 Å². The third-order valence-corrected chi connectivity index (χ3v) is 3.95. The smallest absolute Gasteiger partial charge is 0.270 e. The number of nitrogens with zero attached hydrogens (tertiary/aromatic N) is 1. The molecule has 0 radical (unpaired) electrons. The number of carbonyl (C=O) groups is 1. The number of hydrogen-bond donors (Lipinski definition) is 0. The number of non-ortho nitro benzene ring substituents is 1. The SMILES string of the molecule is Cc1ccc(C(=O)/C=C/c2cc([N+](=O)[O-])ccc2Cl)s1. The molecule has 1 aromatic heterocycles. The molecule has 2 rings (SSSR count). The summed E-state index contributed by atoms with van der Waals surface area (Å²) in [5, 5.41) is 11.1. The number of halogens is 1. The van der Waals surface area contributed by atoms with Crippen molar-refractivity contribution in [2.75, 3.05) is 0 Å². The monoisotopic (exact) mass is 307 g/mol. The van der Waals surface area contributed by atoms with Gasteiger partial charge < -0.3 is 0 Å². The van der Waals surface area contributed by atoms with Gasteiger partial charge in [-0.05, 0) is 42.8 Å². The molecule has 4 nitrogen and oxygen atoms in total. The Hall–Kier alpha value is -1.98. The van der Waals surface area contributed by atoms with Crippen LogP contribution in [0.3, 0.4) is 0 Å². The first-order valence-electron chi connectivity index (χ1n) is 5.70. The molecule has 102 valence electrons. The van der Waals surface area contributed by atoms with E-state index in [2.05, 4.69) is 0 Å². The van der Waals surface area contributed by atoms with Gasteiger partial charge in [-0.1, -0.05) is 11.6 Å². The maximum absolute atomic E-state index is 11.9. The van der Waals surface area contributed by atoms with Crippen molar-refractivity contribution in [3.05, 3.63) is 66.9 Å². The molecule has 0 N–H and O–H groups in total. The fourth-order valence-electron chi connectivity index (χ4n) is 1.59. The quantitative estimate of drug-likeness (QED) is 0.361. The lowest BCUT2D eigenvalue weighted by Crippen LogP contribution is -1.91. The lowest BCUT2D eigenvalue weighted by atomic mass is 10.1. The van der Waals surface area contributed by atoms with Crippen molar-refractivity contribution >= 4 is 40.5 Å². The molecule has 0 fully saturated rings. The van der Waals surface area contributed by atoms with Gasteiger partial charge in [0.25, 0.3) is 5.69 Å². The molecule has 0 aliphatic heterocycles. The zero-order valence-electron chi connectivity index (χ0n) is 10.5. The third kappa shape index (κ3) is 3.31. The fraction of sp³-hybridized carbons (Fsp3) is 0.0714. The summed E-state index contributed by atoms with van der Waals surface area (Å²) in [5.74, 6) is -0.148. The van der Waals surface area contributed by atoms with E-state index >= 15 is 0 Å². The largest absolute Gasteiger partial charge is 0.288 e. The van der Waals surface area contributed by atoms with Crippen LogP contribution in [0.15, 0.2) is 36.4 Å². The van der Waals surface area contributed by atoms with Gasteiger partial charge in [0.2, 0.25) is 0 Å². The van der Waals surface area contributed by atoms with Crippen molar-refractivity contribution in [2.24, 2.45) is 0 Å². The van der Waals surface area contributed by atoms with Crippen LogP contribution in [0, 0.1) is 17.0 Å². The molecule has 6 heteroatoms. The highest BCUT2D eigenvalue weighted by Gasteiger charge is 2.09. The van der Waals surface area contributed by atoms with Crippen molar-refractivity contribution in [1.29, 1.82) is 0 Å². The molecule has 0 bridgehead atoms. The summed E-state index contributed by atoms with van der Waals surface area (Å²) in [5.41, 5.74) is 0.385. The highest BCUT2D eigenvalue weighted by molar-refractivity contribution is 7.14. The van der Waals surface area contributed by atoms with Crippen LogP contribution in [0.1, 0.15) is 20.1 Å². The summed E-state index contributed by atoms with van der Waals surface area (Å²) < 4.78 is 0. The van der Waals surface area contributed by atoms with E-state index < -0.39 is 4.92 Å². The number of hydrogen-bond acceptors (Lipinski definition) is 4. The number of ketones is 1. The van der Waals surface area contributed by atoms with Gasteiger partial charge in [-0.25, -0.2) is 0 Å². The molecule has 20 heavy (non-hydrogen) atoms. The summed E-state index contributed by atoms with van der Waals surface area (Å²) >= 11 is 7.35. The van der Waals surface area contributed by atoms with Gasteiger partial charge in [-0.2, -0.15) is 0 Å². The Kier molecular flexibility index (Phi) is 4.32. The van der Waals surface area contributed by atoms with Gasteiger partial charge >= 0.3 is 0 Å². The molecular weight excluding hydrogens is 298 g/mol. The van der Waals surface area contributed by atoms with E-state index in [1.807, 2.05) is 13.0 Å². The van der Waals surface area contributed by atoms with E-state index in [9.17, 15) is 14.9 Å². The first-order chi connectivity index (χ1) is 9.47. The van der Waals surface area contributed by atoms with Gasteiger partial charge in [-0.15, -0.1) is 11.3 Å². The summed E-state index contributed by atoms with van der Waals surface area (Å²) in [4.78, 5) is 23.8. The molecule has 0 aliphatic carbocycles. The van der Waals surface area contributed by atoms with Crippen LogP contribution in [0.5, 0.6) is 0 Å². The van der Waals surface area contributed by atoms with E-state index in [0.29, 0.717) is 15.5 Å². The third-order valence-electron chi connectivity index (χ3n) is 2.59. The molecule has 0 spiro atoms. The number of allylic oxidation sites excluding steroid dienone is 1. The Labute approximate surface area is 124 Å². The second kappa shape index (κ2) is 5.98. The molecule has 0 atom stereocenters. The van der Waals surface area contributed by atoms with Gasteiger partial charge in [0.1, 0.15) is 0 Å². The number of carbonyl (C=O) groups excluding carboxylic acids is 1. The molecule has 1 heterocycles. The topological polar surface area (TPSA) is 60.2 Å². The number of rotatable bonds is 4. The minimum atomic E-state index is -0.502. The number of aryl methyl sites for hydroxylation is 1. The number of thiophene rings is 1. The molecular formula is C14H10ClNO3S. The fourth-order valence-corrected chi connectivity index (χ4v) is 2.56. The highest BCUT2D eigenvalue weighted by Crippen LogP contribution is 2.24. The molecule has 2 aromatic rings. The zero-order valence-corrected chi connectivity index (χ0v) is 12.1. The minimum Gasteiger partial charge on any atom is -0.288 e. The Morgan fingerprint density at radius 1 is 1.35 bits per heavy atom. The number of nitro groups is 1. The van der Waals surface area contributed by atoms with Crippen molar-refractivity contribution < 1.29 is 9.72 Å². The maximum atomic E-state index is 11.9. The molecule has 0 saturated carbocycles. The molecule has 1 aromatic carbocycles. The first-order valence-corrected chi connectivity index (χ1v) is 6.89. The minimum absolute atomic E-state index is 0.0616. The van der Waals surface area contributed by atoms with Gasteiger partial charge in [0.05, 0.1) is 9.80 Å². The maximum Gasteiger partial charge on any atom is 0.270 e. The van der Waals surface area contributed by atoms with Crippen molar-refractivity contribution in [2.45, 2.75) is 6.92 Å². The van der Waals surface area contributed by atoms with Gasteiger partial charge in [0.15, 0.2) is 5.78 Å². The van der Waals surface area contributed by atoms with Crippen molar-refractivity contribution in [3.63, 3.8) is 0 Å². The van der Waals surface area contributed by atoms with Crippen LogP contribution in [-0.2, 0) is 0 Å². The van der Waals surface area contributed by atoms with E-state index in [4.69, 9.17) is 11.6 Å². The van der Waals surface area contributed by atoms with Crippen LogP contribution in [0.25, 0.3) is 6.08 Å². The molecule has 0 saturated heterocycles. The van der Waals surface area contributed by atoms with Crippen LogP contribution in [-0.4, -0.2) is 10.7 Å². The standard InChI is InChI=1S/C14H10ClNO3S/c1-9-2-7-14(20-9)13(17)6-3-10-8-11(16(18)19)4-5-12(10)15/h2-8H,1H3/b6-3+. The van der Waals surface area contributed by atoms with E-state index in [1.165, 1.54) is 41.7 Å². The normalized spacial score (nSPS) is 10.9. The van der Waals surface area contributed by atoms with Crippen LogP contribution in [0.2, 0.25) is 5.02 Å². The summed E-state index contributed by atoms with van der Waals surface area (Å²) in [7, 11) is 0. The Bertz CT molecular complexity index is 706.